The number of methoxy groups -OCH3 is 1. The number of fused-ring (bicyclic) bond motifs is 1. The number of hydrogen-bond donors (Lipinski definition) is 3. The van der Waals surface area contributed by atoms with Crippen molar-refractivity contribution in [1.29, 1.82) is 0 Å². The van der Waals surface area contributed by atoms with Crippen LogP contribution in [0.4, 0.5) is 18.0 Å². The monoisotopic (exact) mass is 637 g/mol. The largest absolute Gasteiger partial charge is 0.481 e. The quantitative estimate of drug-likeness (QED) is 0.320. The minimum Gasteiger partial charge on any atom is -0.481 e. The highest BCUT2D eigenvalue weighted by Gasteiger charge is 2.53. The van der Waals surface area contributed by atoms with E-state index < -0.39 is 41.9 Å². The third-order valence-electron chi connectivity index (χ3n) is 6.87. The first-order chi connectivity index (χ1) is 20.5. The maximum atomic E-state index is 14.1. The van der Waals surface area contributed by atoms with Gasteiger partial charge in [0.05, 0.1) is 25.8 Å². The number of aliphatic carboxylic acids is 1. The Balaban J connectivity index is 1.72. The van der Waals surface area contributed by atoms with Crippen LogP contribution >= 0.6 is 22.9 Å². The Hall–Kier alpha value is -4.44. The number of carbonyl (C=O) groups excluding carboxylic acids is 2. The SMILES string of the molecule is COC(=O)N[C@]1(C(=O)NCCC(=O)O)CC2=C(c3ccn(C(F)F)n3)[C@H](c3ccc(F)cc3Cl)N=C(c3nccs3)N2C1. The molecular formula is C26H23ClF3N7O5S. The summed E-state index contributed by atoms with van der Waals surface area (Å²) in [5.41, 5.74) is -0.672. The van der Waals surface area contributed by atoms with E-state index in [0.29, 0.717) is 20.9 Å². The standard InChI is InChI=1S/C26H23ClF3N7O5S/c1-42-25(41)34-26(23(40)32-6-4-18(38)39)11-17-19(16-5-8-37(35-16)24(29)30)20(14-3-2-13(28)10-15(14)27)33-21(36(17)12-26)22-31-7-9-43-22/h2-3,5,7-10,20,24H,4,6,11-12H2,1H3,(H,32,40)(H,34,41)(H,38,39)/t20-,26+/m0/s1. The highest BCUT2D eigenvalue weighted by atomic mass is 35.5. The fourth-order valence-electron chi connectivity index (χ4n) is 4.98. The molecule has 0 radical (unpaired) electrons. The second kappa shape index (κ2) is 12.0. The van der Waals surface area contributed by atoms with Gasteiger partial charge in [-0.15, -0.1) is 11.3 Å². The zero-order valence-electron chi connectivity index (χ0n) is 22.3. The highest BCUT2D eigenvalue weighted by Crippen LogP contribution is 2.48. The van der Waals surface area contributed by atoms with Crippen LogP contribution < -0.4 is 10.6 Å². The van der Waals surface area contributed by atoms with Crippen LogP contribution in [-0.2, 0) is 14.3 Å². The average molecular weight is 638 g/mol. The molecule has 0 unspecified atom stereocenters. The Morgan fingerprint density at radius 2 is 2.09 bits per heavy atom. The minimum atomic E-state index is -2.95. The van der Waals surface area contributed by atoms with E-state index >= 15 is 0 Å². The number of alkyl carbamates (subject to hydrolysis) is 1. The number of carboxylic acids is 1. The number of amides is 2. The zero-order valence-corrected chi connectivity index (χ0v) is 23.8. The number of alkyl halides is 2. The summed E-state index contributed by atoms with van der Waals surface area (Å²) in [5.74, 6) is -2.18. The van der Waals surface area contributed by atoms with Gasteiger partial charge in [-0.25, -0.2) is 18.9 Å². The van der Waals surface area contributed by atoms with E-state index in [4.69, 9.17) is 26.4 Å². The number of aliphatic imine (C=N–C) groups is 1. The molecule has 2 amide bonds. The topological polar surface area (TPSA) is 151 Å². The lowest BCUT2D eigenvalue weighted by Gasteiger charge is -2.32. The molecule has 1 fully saturated rings. The lowest BCUT2D eigenvalue weighted by Crippen LogP contribution is -2.60. The number of aromatic nitrogens is 3. The molecule has 2 aliphatic rings. The molecule has 0 bridgehead atoms. The molecule has 4 heterocycles. The minimum absolute atomic E-state index is 0.00967. The van der Waals surface area contributed by atoms with Gasteiger partial charge in [0, 0.05) is 52.6 Å². The summed E-state index contributed by atoms with van der Waals surface area (Å²) in [4.78, 5) is 48.1. The second-order valence-electron chi connectivity index (χ2n) is 9.54. The van der Waals surface area contributed by atoms with Crippen molar-refractivity contribution in [3.05, 3.63) is 74.8 Å². The molecule has 3 aromatic rings. The normalized spacial score (nSPS) is 19.7. The van der Waals surface area contributed by atoms with Gasteiger partial charge in [0.2, 0.25) is 5.91 Å². The smallest absolute Gasteiger partial charge is 0.407 e. The van der Waals surface area contributed by atoms with Crippen LogP contribution in [0.25, 0.3) is 5.57 Å². The van der Waals surface area contributed by atoms with Gasteiger partial charge in [-0.05, 0) is 18.2 Å². The number of carbonyl (C=O) groups is 3. The Morgan fingerprint density at radius 1 is 1.30 bits per heavy atom. The fourth-order valence-corrected chi connectivity index (χ4v) is 5.89. The van der Waals surface area contributed by atoms with E-state index in [1.807, 2.05) is 0 Å². The van der Waals surface area contributed by atoms with E-state index in [2.05, 4.69) is 20.7 Å². The molecule has 1 saturated heterocycles. The number of halogens is 4. The maximum absolute atomic E-state index is 14.1. The van der Waals surface area contributed by atoms with Gasteiger partial charge < -0.3 is 25.4 Å². The predicted molar refractivity (Wildman–Crippen MR) is 148 cm³/mol. The fraction of sp³-hybridized carbons (Fsp3) is 0.308. The molecule has 0 spiro atoms. The van der Waals surface area contributed by atoms with Gasteiger partial charge in [-0.2, -0.15) is 13.9 Å². The molecule has 2 aliphatic heterocycles. The van der Waals surface area contributed by atoms with Crippen molar-refractivity contribution in [3.63, 3.8) is 0 Å². The Bertz CT molecular complexity index is 1630. The highest BCUT2D eigenvalue weighted by molar-refractivity contribution is 7.11. The van der Waals surface area contributed by atoms with Gasteiger partial charge in [0.25, 0.3) is 0 Å². The molecule has 12 nitrogen and oxygen atoms in total. The summed E-state index contributed by atoms with van der Waals surface area (Å²) in [6, 6.07) is 4.03. The first-order valence-electron chi connectivity index (χ1n) is 12.7. The van der Waals surface area contributed by atoms with Gasteiger partial charge in [0.15, 0.2) is 10.8 Å². The third kappa shape index (κ3) is 5.92. The Labute approximate surface area is 250 Å². The van der Waals surface area contributed by atoms with E-state index in [-0.39, 0.29) is 48.1 Å². The van der Waals surface area contributed by atoms with Gasteiger partial charge in [-0.3, -0.25) is 14.6 Å². The van der Waals surface area contributed by atoms with E-state index in [1.54, 1.807) is 16.5 Å². The lowest BCUT2D eigenvalue weighted by atomic mass is 9.89. The molecule has 3 N–H and O–H groups in total. The first-order valence-corrected chi connectivity index (χ1v) is 13.9. The molecule has 1 aromatic carbocycles. The van der Waals surface area contributed by atoms with E-state index in [1.165, 1.54) is 29.5 Å². The summed E-state index contributed by atoms with van der Waals surface area (Å²) in [6.45, 7) is -3.40. The van der Waals surface area contributed by atoms with Crippen molar-refractivity contribution < 1.29 is 37.4 Å². The summed E-state index contributed by atoms with van der Waals surface area (Å²) in [5, 5.41) is 20.4. The third-order valence-corrected chi connectivity index (χ3v) is 7.96. The number of rotatable bonds is 9. The number of nitrogens with one attached hydrogen (secondary N) is 2. The van der Waals surface area contributed by atoms with Crippen molar-refractivity contribution in [3.8, 4) is 0 Å². The first kappa shape index (κ1) is 30.0. The number of benzene rings is 1. The van der Waals surface area contributed by atoms with Gasteiger partial charge in [0.1, 0.15) is 17.4 Å². The summed E-state index contributed by atoms with van der Waals surface area (Å²) < 4.78 is 46.5. The zero-order chi connectivity index (χ0) is 30.9. The maximum Gasteiger partial charge on any atom is 0.407 e. The van der Waals surface area contributed by atoms with Crippen molar-refractivity contribution >= 4 is 52.3 Å². The Kier molecular flexibility index (Phi) is 8.41. The molecule has 43 heavy (non-hydrogen) atoms. The van der Waals surface area contributed by atoms with Crippen LogP contribution in [-0.4, -0.2) is 74.3 Å². The van der Waals surface area contributed by atoms with Crippen molar-refractivity contribution in [2.45, 2.75) is 31.0 Å². The molecule has 5 rings (SSSR count). The van der Waals surface area contributed by atoms with Gasteiger partial charge >= 0.3 is 18.6 Å². The number of amidine groups is 1. The molecular weight excluding hydrogens is 615 g/mol. The number of carboxylic acid groups (broad SMARTS) is 1. The molecule has 226 valence electrons. The van der Waals surface area contributed by atoms with Crippen LogP contribution in [0.5, 0.6) is 0 Å². The van der Waals surface area contributed by atoms with Crippen LogP contribution in [0.15, 0.2) is 52.7 Å². The van der Waals surface area contributed by atoms with Crippen molar-refractivity contribution in [2.24, 2.45) is 4.99 Å². The molecule has 17 heteroatoms. The summed E-state index contributed by atoms with van der Waals surface area (Å²) in [6.07, 6.45) is 1.09. The van der Waals surface area contributed by atoms with Crippen molar-refractivity contribution in [2.75, 3.05) is 20.2 Å². The average Bonchev–Trinajstić information content (AvgIpc) is 3.72. The second-order valence-corrected chi connectivity index (χ2v) is 10.8. The lowest BCUT2D eigenvalue weighted by molar-refractivity contribution is -0.137. The van der Waals surface area contributed by atoms with Crippen molar-refractivity contribution in [1.82, 2.24) is 30.3 Å². The van der Waals surface area contributed by atoms with Gasteiger partial charge in [-0.1, -0.05) is 17.7 Å². The summed E-state index contributed by atoms with van der Waals surface area (Å²) in [7, 11) is 1.12. The summed E-state index contributed by atoms with van der Waals surface area (Å²) >= 11 is 7.71. The number of ether oxygens (including phenoxy) is 1. The van der Waals surface area contributed by atoms with Crippen LogP contribution in [0, 0.1) is 5.82 Å². The molecule has 0 aliphatic carbocycles. The number of nitrogens with zero attached hydrogens (tertiary/aromatic N) is 5. The van der Waals surface area contributed by atoms with E-state index in [9.17, 15) is 27.6 Å². The molecule has 2 atom stereocenters. The van der Waals surface area contributed by atoms with E-state index in [0.717, 1.165) is 19.4 Å². The molecule has 2 aromatic heterocycles. The van der Waals surface area contributed by atoms with Crippen LogP contribution in [0.3, 0.4) is 0 Å². The molecule has 0 saturated carbocycles. The Morgan fingerprint density at radius 3 is 2.72 bits per heavy atom. The number of hydrogen-bond acceptors (Lipinski definition) is 9. The van der Waals surface area contributed by atoms with Crippen LogP contribution in [0.1, 0.15) is 41.7 Å². The number of thiazole rings is 1. The predicted octanol–water partition coefficient (Wildman–Crippen LogP) is 3.83. The van der Waals surface area contributed by atoms with Crippen LogP contribution in [0.2, 0.25) is 5.02 Å².